The van der Waals surface area contributed by atoms with Crippen LogP contribution in [0, 0.1) is 13.8 Å². The van der Waals surface area contributed by atoms with Crippen molar-refractivity contribution in [3.63, 3.8) is 0 Å². The van der Waals surface area contributed by atoms with Gasteiger partial charge in [-0.2, -0.15) is 5.10 Å². The average molecular weight is 477 g/mol. The number of nitrogens with one attached hydrogen (secondary N) is 1. The summed E-state index contributed by atoms with van der Waals surface area (Å²) in [4.78, 5) is 30.3. The molecular formula is C26H25ClN4O3. The van der Waals surface area contributed by atoms with Crippen molar-refractivity contribution in [2.24, 2.45) is 0 Å². The van der Waals surface area contributed by atoms with Crippen LogP contribution in [0.25, 0.3) is 22.3 Å². The minimum absolute atomic E-state index is 0.0492. The lowest BCUT2D eigenvalue weighted by Gasteiger charge is -2.13. The Labute approximate surface area is 202 Å². The number of rotatable bonds is 6. The topological polar surface area (TPSA) is 86.1 Å². The molecule has 174 valence electrons. The number of aryl methyl sites for hydroxylation is 2. The number of halogens is 1. The second-order valence-electron chi connectivity index (χ2n) is 8.40. The average Bonchev–Trinajstić information content (AvgIpc) is 3.24. The molecule has 2 aromatic carbocycles. The van der Waals surface area contributed by atoms with Crippen molar-refractivity contribution in [1.29, 1.82) is 0 Å². The summed E-state index contributed by atoms with van der Waals surface area (Å²) in [6.45, 7) is 7.30. The number of anilines is 1. The smallest absolute Gasteiger partial charge is 0.339 e. The van der Waals surface area contributed by atoms with E-state index in [2.05, 4.69) is 10.4 Å². The zero-order valence-electron chi connectivity index (χ0n) is 19.4. The van der Waals surface area contributed by atoms with Gasteiger partial charge >= 0.3 is 5.97 Å². The lowest BCUT2D eigenvalue weighted by Crippen LogP contribution is -2.21. The first-order valence-electron chi connectivity index (χ1n) is 10.9. The SMILES string of the molecule is Cc1cc(C)c(NC(=O)COC(=O)c2cc(-c3ccccc3)nc3c2cnn3C(C)C)c(Cl)c1. The minimum Gasteiger partial charge on any atom is -0.452 e. The van der Waals surface area contributed by atoms with Crippen molar-refractivity contribution in [2.75, 3.05) is 11.9 Å². The van der Waals surface area contributed by atoms with E-state index >= 15 is 0 Å². The number of fused-ring (bicyclic) bond motifs is 1. The van der Waals surface area contributed by atoms with Crippen LogP contribution in [-0.2, 0) is 9.53 Å². The number of carbonyl (C=O) groups is 2. The van der Waals surface area contributed by atoms with Gasteiger partial charge in [-0.15, -0.1) is 0 Å². The summed E-state index contributed by atoms with van der Waals surface area (Å²) in [6, 6.07) is 15.0. The number of carbonyl (C=O) groups excluding carboxylic acids is 2. The van der Waals surface area contributed by atoms with Gasteiger partial charge in [-0.3, -0.25) is 4.79 Å². The van der Waals surface area contributed by atoms with Crippen LogP contribution in [0.1, 0.15) is 41.4 Å². The summed E-state index contributed by atoms with van der Waals surface area (Å²) < 4.78 is 7.13. The number of ether oxygens (including phenoxy) is 1. The van der Waals surface area contributed by atoms with E-state index in [0.29, 0.717) is 33.0 Å². The molecule has 2 aromatic heterocycles. The predicted molar refractivity (Wildman–Crippen MR) is 133 cm³/mol. The Kier molecular flexibility index (Phi) is 6.65. The first kappa shape index (κ1) is 23.4. The van der Waals surface area contributed by atoms with Crippen LogP contribution in [-0.4, -0.2) is 33.2 Å². The quantitative estimate of drug-likeness (QED) is 0.358. The molecule has 4 rings (SSSR count). The van der Waals surface area contributed by atoms with Crippen LogP contribution in [0.2, 0.25) is 5.02 Å². The third kappa shape index (κ3) is 4.79. The first-order chi connectivity index (χ1) is 16.2. The number of nitrogens with zero attached hydrogens (tertiary/aromatic N) is 3. The Balaban J connectivity index is 1.60. The molecule has 1 N–H and O–H groups in total. The van der Waals surface area contributed by atoms with Crippen LogP contribution in [0.4, 0.5) is 5.69 Å². The monoisotopic (exact) mass is 476 g/mol. The van der Waals surface area contributed by atoms with Crippen molar-refractivity contribution in [2.45, 2.75) is 33.7 Å². The van der Waals surface area contributed by atoms with E-state index in [1.807, 2.05) is 64.1 Å². The molecule has 0 saturated carbocycles. The highest BCUT2D eigenvalue weighted by atomic mass is 35.5. The number of hydrogen-bond donors (Lipinski definition) is 1. The van der Waals surface area contributed by atoms with Crippen LogP contribution >= 0.6 is 11.6 Å². The van der Waals surface area contributed by atoms with E-state index in [1.165, 1.54) is 0 Å². The summed E-state index contributed by atoms with van der Waals surface area (Å²) in [6.07, 6.45) is 1.60. The molecule has 0 bridgehead atoms. The molecule has 2 heterocycles. The fourth-order valence-electron chi connectivity index (χ4n) is 3.78. The molecule has 7 nitrogen and oxygen atoms in total. The molecule has 34 heavy (non-hydrogen) atoms. The third-order valence-corrected chi connectivity index (χ3v) is 5.67. The zero-order valence-corrected chi connectivity index (χ0v) is 20.2. The number of pyridine rings is 1. The maximum atomic E-state index is 13.1. The van der Waals surface area contributed by atoms with Crippen LogP contribution < -0.4 is 5.32 Å². The maximum Gasteiger partial charge on any atom is 0.339 e. The van der Waals surface area contributed by atoms with Crippen molar-refractivity contribution in [3.05, 3.63) is 76.4 Å². The zero-order chi connectivity index (χ0) is 24.4. The van der Waals surface area contributed by atoms with E-state index in [9.17, 15) is 9.59 Å². The van der Waals surface area contributed by atoms with Crippen molar-refractivity contribution in [3.8, 4) is 11.3 Å². The summed E-state index contributed by atoms with van der Waals surface area (Å²) in [5, 5.41) is 8.13. The van der Waals surface area contributed by atoms with Gasteiger partial charge in [0.25, 0.3) is 5.91 Å². The molecule has 0 saturated heterocycles. The minimum atomic E-state index is -0.630. The summed E-state index contributed by atoms with van der Waals surface area (Å²) >= 11 is 6.27. The number of hydrogen-bond acceptors (Lipinski definition) is 5. The van der Waals surface area contributed by atoms with Gasteiger partial charge in [0, 0.05) is 11.6 Å². The highest BCUT2D eigenvalue weighted by Crippen LogP contribution is 2.28. The molecule has 0 spiro atoms. The molecule has 0 aliphatic heterocycles. The summed E-state index contributed by atoms with van der Waals surface area (Å²) in [5.74, 6) is -1.11. The van der Waals surface area contributed by atoms with E-state index in [-0.39, 0.29) is 6.04 Å². The molecule has 4 aromatic rings. The summed E-state index contributed by atoms with van der Waals surface area (Å²) in [5.41, 5.74) is 4.68. The number of benzene rings is 2. The van der Waals surface area contributed by atoms with Crippen LogP contribution in [0.3, 0.4) is 0 Å². The molecule has 0 unspecified atom stereocenters. The molecule has 0 atom stereocenters. The van der Waals surface area contributed by atoms with Gasteiger partial charge in [-0.1, -0.05) is 48.0 Å². The second-order valence-corrected chi connectivity index (χ2v) is 8.81. The second kappa shape index (κ2) is 9.65. The standard InChI is InChI=1S/C26H25ClN4O3/c1-15(2)31-25-20(13-28-31)19(12-22(29-25)18-8-6-5-7-9-18)26(33)34-14-23(32)30-24-17(4)10-16(3)11-21(24)27/h5-13,15H,14H2,1-4H3,(H,30,32). The van der Waals surface area contributed by atoms with E-state index in [1.54, 1.807) is 23.0 Å². The van der Waals surface area contributed by atoms with Gasteiger partial charge in [0.15, 0.2) is 12.3 Å². The fraction of sp³-hybridized carbons (Fsp3) is 0.231. The van der Waals surface area contributed by atoms with Gasteiger partial charge < -0.3 is 10.1 Å². The molecule has 1 amide bonds. The highest BCUT2D eigenvalue weighted by molar-refractivity contribution is 6.34. The number of esters is 1. The van der Waals surface area contributed by atoms with Gasteiger partial charge in [0.2, 0.25) is 0 Å². The number of amides is 1. The molecule has 8 heteroatoms. The van der Waals surface area contributed by atoms with E-state index in [4.69, 9.17) is 21.3 Å². The van der Waals surface area contributed by atoms with Gasteiger partial charge in [-0.05, 0) is 51.0 Å². The van der Waals surface area contributed by atoms with E-state index < -0.39 is 18.5 Å². The normalized spacial score (nSPS) is 11.1. The number of aromatic nitrogens is 3. The lowest BCUT2D eigenvalue weighted by molar-refractivity contribution is -0.119. The predicted octanol–water partition coefficient (Wildman–Crippen LogP) is 5.74. The summed E-state index contributed by atoms with van der Waals surface area (Å²) in [7, 11) is 0. The molecule has 0 radical (unpaired) electrons. The fourth-order valence-corrected chi connectivity index (χ4v) is 4.15. The van der Waals surface area contributed by atoms with Crippen molar-refractivity contribution >= 4 is 40.2 Å². The van der Waals surface area contributed by atoms with Crippen molar-refractivity contribution < 1.29 is 14.3 Å². The Hall–Kier alpha value is -3.71. The van der Waals surface area contributed by atoms with Gasteiger partial charge in [-0.25, -0.2) is 14.5 Å². The largest absolute Gasteiger partial charge is 0.452 e. The van der Waals surface area contributed by atoms with E-state index in [0.717, 1.165) is 16.7 Å². The Morgan fingerprint density at radius 1 is 1.12 bits per heavy atom. The Morgan fingerprint density at radius 3 is 2.53 bits per heavy atom. The lowest BCUT2D eigenvalue weighted by atomic mass is 10.1. The Morgan fingerprint density at radius 2 is 1.85 bits per heavy atom. The molecule has 0 aliphatic rings. The van der Waals surface area contributed by atoms with Gasteiger partial charge in [0.05, 0.1) is 33.6 Å². The molecule has 0 fully saturated rings. The maximum absolute atomic E-state index is 13.1. The van der Waals surface area contributed by atoms with Gasteiger partial charge in [0.1, 0.15) is 0 Å². The molecular weight excluding hydrogens is 452 g/mol. The van der Waals surface area contributed by atoms with Crippen LogP contribution in [0.15, 0.2) is 54.7 Å². The van der Waals surface area contributed by atoms with Crippen LogP contribution in [0.5, 0.6) is 0 Å². The van der Waals surface area contributed by atoms with Crippen molar-refractivity contribution in [1.82, 2.24) is 14.8 Å². The Bertz CT molecular complexity index is 1360. The first-order valence-corrected chi connectivity index (χ1v) is 11.3. The molecule has 0 aliphatic carbocycles. The third-order valence-electron chi connectivity index (χ3n) is 5.38. The highest BCUT2D eigenvalue weighted by Gasteiger charge is 2.20.